The molecule has 0 aliphatic carbocycles. The Bertz CT molecular complexity index is 365. The van der Waals surface area contributed by atoms with E-state index in [1.807, 2.05) is 7.05 Å². The van der Waals surface area contributed by atoms with Crippen LogP contribution in [0.3, 0.4) is 0 Å². The third-order valence-electron chi connectivity index (χ3n) is 2.57. The molecular weight excluding hydrogens is 234 g/mol. The van der Waals surface area contributed by atoms with Crippen molar-refractivity contribution >= 4 is 5.91 Å². The zero-order chi connectivity index (χ0) is 13.4. The van der Waals surface area contributed by atoms with Crippen LogP contribution in [0.15, 0.2) is 16.7 Å². The van der Waals surface area contributed by atoms with Gasteiger partial charge in [-0.15, -0.1) is 0 Å². The topological polar surface area (TPSA) is 80.7 Å². The lowest BCUT2D eigenvalue weighted by atomic mass is 10.3. The number of likely N-dealkylation sites (N-methyl/N-ethyl adjacent to an activating group) is 1. The fourth-order valence-electron chi connectivity index (χ4n) is 1.43. The first-order valence-electron chi connectivity index (χ1n) is 5.90. The molecule has 102 valence electrons. The maximum Gasteiger partial charge on any atom is 0.254 e. The summed E-state index contributed by atoms with van der Waals surface area (Å²) in [6, 6.07) is 1.66. The van der Waals surface area contributed by atoms with Crippen molar-refractivity contribution in [2.45, 2.75) is 6.54 Å². The van der Waals surface area contributed by atoms with Crippen LogP contribution in [0, 0.1) is 0 Å². The van der Waals surface area contributed by atoms with Gasteiger partial charge in [0.2, 0.25) is 0 Å². The van der Waals surface area contributed by atoms with Crippen molar-refractivity contribution < 1.29 is 13.9 Å². The minimum atomic E-state index is -0.140. The quantitative estimate of drug-likeness (QED) is 0.686. The van der Waals surface area contributed by atoms with E-state index in [1.54, 1.807) is 13.2 Å². The van der Waals surface area contributed by atoms with Crippen LogP contribution in [-0.4, -0.2) is 51.2 Å². The highest BCUT2D eigenvalue weighted by molar-refractivity contribution is 5.93. The lowest BCUT2D eigenvalue weighted by Crippen LogP contribution is -2.34. The summed E-state index contributed by atoms with van der Waals surface area (Å²) in [4.78, 5) is 13.8. The monoisotopic (exact) mass is 255 g/mol. The normalized spacial score (nSPS) is 10.9. The van der Waals surface area contributed by atoms with Gasteiger partial charge >= 0.3 is 0 Å². The summed E-state index contributed by atoms with van der Waals surface area (Å²) in [6.45, 7) is 3.19. The van der Waals surface area contributed by atoms with Gasteiger partial charge < -0.3 is 25.1 Å². The molecule has 0 spiro atoms. The maximum atomic E-state index is 11.7. The van der Waals surface area contributed by atoms with E-state index in [-0.39, 0.29) is 5.91 Å². The first-order chi connectivity index (χ1) is 8.67. The van der Waals surface area contributed by atoms with Gasteiger partial charge in [0.15, 0.2) is 0 Å². The number of ether oxygens (including phenoxy) is 1. The number of methoxy groups -OCH3 is 1. The van der Waals surface area contributed by atoms with Crippen molar-refractivity contribution in [2.75, 3.05) is 40.4 Å². The Labute approximate surface area is 107 Å². The van der Waals surface area contributed by atoms with Crippen LogP contribution in [0.1, 0.15) is 16.1 Å². The molecule has 3 N–H and O–H groups in total. The van der Waals surface area contributed by atoms with Crippen LogP contribution in [0.5, 0.6) is 0 Å². The smallest absolute Gasteiger partial charge is 0.254 e. The van der Waals surface area contributed by atoms with Crippen molar-refractivity contribution in [1.29, 1.82) is 0 Å². The number of carbonyl (C=O) groups is 1. The molecule has 0 fully saturated rings. The Morgan fingerprint density at radius 2 is 2.33 bits per heavy atom. The van der Waals surface area contributed by atoms with Gasteiger partial charge in [-0.25, -0.2) is 0 Å². The second-order valence-corrected chi connectivity index (χ2v) is 4.06. The van der Waals surface area contributed by atoms with Gasteiger partial charge in [0.05, 0.1) is 18.7 Å². The van der Waals surface area contributed by atoms with Gasteiger partial charge in [-0.1, -0.05) is 0 Å². The second-order valence-electron chi connectivity index (χ2n) is 4.06. The van der Waals surface area contributed by atoms with Crippen molar-refractivity contribution in [2.24, 2.45) is 5.73 Å². The molecule has 18 heavy (non-hydrogen) atoms. The number of nitrogens with zero attached hydrogens (tertiary/aromatic N) is 1. The van der Waals surface area contributed by atoms with E-state index in [0.717, 1.165) is 13.1 Å². The number of nitrogens with one attached hydrogen (secondary N) is 1. The van der Waals surface area contributed by atoms with Crippen LogP contribution in [0.25, 0.3) is 0 Å². The van der Waals surface area contributed by atoms with Gasteiger partial charge in [-0.2, -0.15) is 0 Å². The minimum absolute atomic E-state index is 0.140. The molecule has 0 saturated carbocycles. The van der Waals surface area contributed by atoms with Crippen LogP contribution in [0.2, 0.25) is 0 Å². The molecule has 0 atom stereocenters. The molecule has 0 aliphatic rings. The number of carbonyl (C=O) groups excluding carboxylic acids is 1. The molecule has 1 amide bonds. The van der Waals surface area contributed by atoms with Crippen LogP contribution in [0.4, 0.5) is 0 Å². The molecular formula is C12H21N3O3. The van der Waals surface area contributed by atoms with E-state index in [1.165, 1.54) is 6.26 Å². The Morgan fingerprint density at radius 1 is 1.56 bits per heavy atom. The zero-order valence-corrected chi connectivity index (χ0v) is 10.9. The fourth-order valence-corrected chi connectivity index (χ4v) is 1.43. The maximum absolute atomic E-state index is 11.7. The zero-order valence-electron chi connectivity index (χ0n) is 10.9. The summed E-state index contributed by atoms with van der Waals surface area (Å²) in [7, 11) is 3.65. The van der Waals surface area contributed by atoms with Gasteiger partial charge in [-0.05, 0) is 13.1 Å². The van der Waals surface area contributed by atoms with Crippen LogP contribution in [-0.2, 0) is 11.3 Å². The molecule has 6 heteroatoms. The molecule has 0 aromatic carbocycles. The average Bonchev–Trinajstić information content (AvgIpc) is 2.85. The molecule has 0 saturated heterocycles. The fraction of sp³-hybridized carbons (Fsp3) is 0.583. The molecule has 6 nitrogen and oxygen atoms in total. The van der Waals surface area contributed by atoms with Crippen LogP contribution >= 0.6 is 0 Å². The SMILES string of the molecule is COCCN(C)CCNC(=O)c1coc(CN)c1. The van der Waals surface area contributed by atoms with Crippen molar-refractivity contribution in [3.8, 4) is 0 Å². The van der Waals surface area contributed by atoms with E-state index in [4.69, 9.17) is 14.9 Å². The molecule has 1 aromatic rings. The minimum Gasteiger partial charge on any atom is -0.467 e. The summed E-state index contributed by atoms with van der Waals surface area (Å²) in [5.41, 5.74) is 5.91. The predicted molar refractivity (Wildman–Crippen MR) is 68.3 cm³/mol. The third kappa shape index (κ3) is 4.87. The van der Waals surface area contributed by atoms with E-state index in [2.05, 4.69) is 10.2 Å². The van der Waals surface area contributed by atoms with Crippen LogP contribution < -0.4 is 11.1 Å². The number of nitrogens with two attached hydrogens (primary N) is 1. The highest BCUT2D eigenvalue weighted by Gasteiger charge is 2.09. The summed E-state index contributed by atoms with van der Waals surface area (Å²) >= 11 is 0. The van der Waals surface area contributed by atoms with Crippen molar-refractivity contribution in [3.05, 3.63) is 23.7 Å². The predicted octanol–water partition coefficient (Wildman–Crippen LogP) is 0.0463. The first kappa shape index (κ1) is 14.7. The molecule has 0 bridgehead atoms. The number of rotatable bonds is 8. The molecule has 0 aliphatic heterocycles. The molecule has 0 unspecified atom stereocenters. The second kappa shape index (κ2) is 7.86. The van der Waals surface area contributed by atoms with E-state index in [0.29, 0.717) is 31.0 Å². The summed E-state index contributed by atoms with van der Waals surface area (Å²) in [5, 5.41) is 2.82. The van der Waals surface area contributed by atoms with Gasteiger partial charge in [-0.3, -0.25) is 4.79 Å². The largest absolute Gasteiger partial charge is 0.467 e. The van der Waals surface area contributed by atoms with E-state index >= 15 is 0 Å². The number of furan rings is 1. The number of hydrogen-bond donors (Lipinski definition) is 2. The highest BCUT2D eigenvalue weighted by atomic mass is 16.5. The summed E-state index contributed by atoms with van der Waals surface area (Å²) in [5.74, 6) is 0.468. The van der Waals surface area contributed by atoms with Crippen molar-refractivity contribution in [3.63, 3.8) is 0 Å². The highest BCUT2D eigenvalue weighted by Crippen LogP contribution is 2.06. The average molecular weight is 255 g/mol. The third-order valence-corrected chi connectivity index (χ3v) is 2.57. The first-order valence-corrected chi connectivity index (χ1v) is 5.90. The Balaban J connectivity index is 2.24. The van der Waals surface area contributed by atoms with E-state index < -0.39 is 0 Å². The lowest BCUT2D eigenvalue weighted by molar-refractivity contribution is 0.0947. The Kier molecular flexibility index (Phi) is 6.42. The van der Waals surface area contributed by atoms with Gasteiger partial charge in [0.1, 0.15) is 12.0 Å². The lowest BCUT2D eigenvalue weighted by Gasteiger charge is -2.15. The Hall–Kier alpha value is -1.37. The molecule has 0 radical (unpaired) electrons. The molecule has 1 aromatic heterocycles. The van der Waals surface area contributed by atoms with Gasteiger partial charge in [0, 0.05) is 26.7 Å². The Morgan fingerprint density at radius 3 is 2.94 bits per heavy atom. The van der Waals surface area contributed by atoms with Crippen molar-refractivity contribution in [1.82, 2.24) is 10.2 Å². The van der Waals surface area contributed by atoms with E-state index in [9.17, 15) is 4.79 Å². The number of amides is 1. The molecule has 1 rings (SSSR count). The van der Waals surface area contributed by atoms with Gasteiger partial charge in [0.25, 0.3) is 5.91 Å². The summed E-state index contributed by atoms with van der Waals surface area (Å²) < 4.78 is 10.1. The standard InChI is InChI=1S/C12H21N3O3/c1-15(5-6-17-2)4-3-14-12(16)10-7-11(8-13)18-9-10/h7,9H,3-6,8,13H2,1-2H3,(H,14,16). The summed E-state index contributed by atoms with van der Waals surface area (Å²) in [6.07, 6.45) is 1.42. The molecule has 1 heterocycles. The number of hydrogen-bond acceptors (Lipinski definition) is 5.